The standard InChI is InChI=1S/C21H15N3O3/c25-21-16-13-22-19(18-12-14-6-4-5-9-17(14)27-18)23-20(16)26-11-10-24(21)15-7-2-1-3-8-15/h1-9,12-13H,10-11H2. The minimum atomic E-state index is -0.176. The molecule has 4 aromatic rings. The zero-order valence-electron chi connectivity index (χ0n) is 14.3. The van der Waals surface area contributed by atoms with Crippen LogP contribution in [0, 0.1) is 0 Å². The third-order valence-corrected chi connectivity index (χ3v) is 4.50. The van der Waals surface area contributed by atoms with E-state index in [0.29, 0.717) is 30.3 Å². The first-order chi connectivity index (χ1) is 13.3. The first-order valence-corrected chi connectivity index (χ1v) is 8.65. The van der Waals surface area contributed by atoms with Crippen molar-refractivity contribution in [3.63, 3.8) is 0 Å². The van der Waals surface area contributed by atoms with Crippen LogP contribution in [-0.2, 0) is 0 Å². The number of anilines is 1. The zero-order valence-corrected chi connectivity index (χ0v) is 14.3. The number of nitrogens with zero attached hydrogens (tertiary/aromatic N) is 3. The smallest absolute Gasteiger partial charge is 0.265 e. The zero-order chi connectivity index (χ0) is 18.2. The van der Waals surface area contributed by atoms with Crippen molar-refractivity contribution < 1.29 is 13.9 Å². The van der Waals surface area contributed by atoms with E-state index in [9.17, 15) is 4.79 Å². The highest BCUT2D eigenvalue weighted by Gasteiger charge is 2.27. The molecule has 0 aliphatic carbocycles. The summed E-state index contributed by atoms with van der Waals surface area (Å²) in [7, 11) is 0. The normalized spacial score (nSPS) is 13.9. The molecule has 2 aromatic heterocycles. The van der Waals surface area contributed by atoms with Crippen molar-refractivity contribution in [2.75, 3.05) is 18.1 Å². The van der Waals surface area contributed by atoms with Gasteiger partial charge in [-0.15, -0.1) is 0 Å². The predicted molar refractivity (Wildman–Crippen MR) is 101 cm³/mol. The van der Waals surface area contributed by atoms with E-state index in [2.05, 4.69) is 9.97 Å². The van der Waals surface area contributed by atoms with Crippen molar-refractivity contribution in [3.05, 3.63) is 72.4 Å². The molecular weight excluding hydrogens is 342 g/mol. The van der Waals surface area contributed by atoms with Gasteiger partial charge in [-0.1, -0.05) is 36.4 Å². The van der Waals surface area contributed by atoms with Crippen LogP contribution >= 0.6 is 0 Å². The highest BCUT2D eigenvalue weighted by atomic mass is 16.5. The predicted octanol–water partition coefficient (Wildman–Crippen LogP) is 3.93. The fourth-order valence-electron chi connectivity index (χ4n) is 3.17. The van der Waals surface area contributed by atoms with Gasteiger partial charge in [0.15, 0.2) is 11.6 Å². The number of carbonyl (C=O) groups excluding carboxylic acids is 1. The van der Waals surface area contributed by atoms with Crippen LogP contribution < -0.4 is 9.64 Å². The van der Waals surface area contributed by atoms with Gasteiger partial charge < -0.3 is 14.1 Å². The minimum Gasteiger partial charge on any atom is -0.475 e. The van der Waals surface area contributed by atoms with Gasteiger partial charge in [-0.05, 0) is 24.3 Å². The Hall–Kier alpha value is -3.67. The van der Waals surface area contributed by atoms with E-state index in [1.54, 1.807) is 4.90 Å². The summed E-state index contributed by atoms with van der Waals surface area (Å²) in [6.07, 6.45) is 1.51. The van der Waals surface area contributed by atoms with Crippen molar-refractivity contribution in [1.82, 2.24) is 9.97 Å². The molecule has 0 fully saturated rings. The molecule has 3 heterocycles. The van der Waals surface area contributed by atoms with E-state index in [-0.39, 0.29) is 11.8 Å². The molecule has 2 aromatic carbocycles. The number of fused-ring (bicyclic) bond motifs is 2. The second-order valence-corrected chi connectivity index (χ2v) is 6.20. The molecule has 1 aliphatic heterocycles. The van der Waals surface area contributed by atoms with Crippen molar-refractivity contribution >= 4 is 22.6 Å². The Balaban J connectivity index is 1.54. The summed E-state index contributed by atoms with van der Waals surface area (Å²) in [6.45, 7) is 0.795. The molecule has 5 rings (SSSR count). The van der Waals surface area contributed by atoms with Gasteiger partial charge in [-0.2, -0.15) is 4.98 Å². The Kier molecular flexibility index (Phi) is 3.60. The molecule has 0 radical (unpaired) electrons. The van der Waals surface area contributed by atoms with Crippen molar-refractivity contribution in [2.24, 2.45) is 0 Å². The van der Waals surface area contributed by atoms with Crippen LogP contribution in [0.25, 0.3) is 22.6 Å². The van der Waals surface area contributed by atoms with Crippen LogP contribution in [0.15, 0.2) is 71.3 Å². The van der Waals surface area contributed by atoms with Crippen LogP contribution in [0.2, 0.25) is 0 Å². The fourth-order valence-corrected chi connectivity index (χ4v) is 3.17. The molecule has 6 heteroatoms. The lowest BCUT2D eigenvalue weighted by Crippen LogP contribution is -2.32. The van der Waals surface area contributed by atoms with Crippen molar-refractivity contribution in [1.29, 1.82) is 0 Å². The summed E-state index contributed by atoms with van der Waals surface area (Å²) >= 11 is 0. The van der Waals surface area contributed by atoms with Gasteiger partial charge in [-0.3, -0.25) is 4.79 Å². The molecule has 0 atom stereocenters. The summed E-state index contributed by atoms with van der Waals surface area (Å²) in [5.41, 5.74) is 1.93. The average molecular weight is 357 g/mol. The monoisotopic (exact) mass is 357 g/mol. The molecule has 0 N–H and O–H groups in total. The molecule has 0 saturated heterocycles. The summed E-state index contributed by atoms with van der Waals surface area (Å²) in [6, 6.07) is 19.1. The van der Waals surface area contributed by atoms with Crippen LogP contribution in [0.4, 0.5) is 5.69 Å². The van der Waals surface area contributed by atoms with Gasteiger partial charge in [-0.25, -0.2) is 4.98 Å². The van der Waals surface area contributed by atoms with Gasteiger partial charge in [0.1, 0.15) is 17.8 Å². The van der Waals surface area contributed by atoms with E-state index >= 15 is 0 Å². The third-order valence-electron chi connectivity index (χ3n) is 4.50. The van der Waals surface area contributed by atoms with Crippen LogP contribution in [0.5, 0.6) is 5.88 Å². The summed E-state index contributed by atoms with van der Waals surface area (Å²) in [4.78, 5) is 23.4. The Bertz CT molecular complexity index is 1100. The number of furan rings is 1. The van der Waals surface area contributed by atoms with Crippen LogP contribution in [-0.4, -0.2) is 29.0 Å². The van der Waals surface area contributed by atoms with Crippen molar-refractivity contribution in [3.8, 4) is 17.5 Å². The summed E-state index contributed by atoms with van der Waals surface area (Å²) in [5.74, 6) is 1.04. The van der Waals surface area contributed by atoms with E-state index in [4.69, 9.17) is 9.15 Å². The van der Waals surface area contributed by atoms with Gasteiger partial charge in [0.25, 0.3) is 5.91 Å². The number of benzene rings is 2. The van der Waals surface area contributed by atoms with Crippen LogP contribution in [0.1, 0.15) is 10.4 Å². The number of hydrogen-bond acceptors (Lipinski definition) is 5. The van der Waals surface area contributed by atoms with Gasteiger partial charge in [0, 0.05) is 17.3 Å². The molecular formula is C21H15N3O3. The molecule has 0 spiro atoms. The maximum absolute atomic E-state index is 13.0. The Morgan fingerprint density at radius 3 is 2.67 bits per heavy atom. The molecule has 27 heavy (non-hydrogen) atoms. The Labute approximate surface area is 155 Å². The molecule has 1 aliphatic rings. The Morgan fingerprint density at radius 2 is 1.81 bits per heavy atom. The van der Waals surface area contributed by atoms with E-state index in [0.717, 1.165) is 16.7 Å². The molecule has 6 nitrogen and oxygen atoms in total. The van der Waals surface area contributed by atoms with Gasteiger partial charge in [0.05, 0.1) is 6.54 Å². The number of para-hydroxylation sites is 2. The summed E-state index contributed by atoms with van der Waals surface area (Å²) < 4.78 is 11.6. The number of ether oxygens (including phenoxy) is 1. The maximum atomic E-state index is 13.0. The first kappa shape index (κ1) is 15.6. The molecule has 0 bridgehead atoms. The topological polar surface area (TPSA) is 68.5 Å². The molecule has 0 saturated carbocycles. The van der Waals surface area contributed by atoms with Crippen LogP contribution in [0.3, 0.4) is 0 Å². The number of amides is 1. The van der Waals surface area contributed by atoms with Gasteiger partial charge >= 0.3 is 0 Å². The van der Waals surface area contributed by atoms with Crippen molar-refractivity contribution in [2.45, 2.75) is 0 Å². The molecule has 0 unspecified atom stereocenters. The summed E-state index contributed by atoms with van der Waals surface area (Å²) in [5, 5.41) is 0.971. The number of hydrogen-bond donors (Lipinski definition) is 0. The highest BCUT2D eigenvalue weighted by molar-refractivity contribution is 6.07. The SMILES string of the molecule is O=C1c2cnc(-c3cc4ccccc4o3)nc2OCCN1c1ccccc1. The number of carbonyl (C=O) groups is 1. The minimum absolute atomic E-state index is 0.176. The van der Waals surface area contributed by atoms with E-state index in [1.165, 1.54) is 6.20 Å². The largest absolute Gasteiger partial charge is 0.475 e. The van der Waals surface area contributed by atoms with Gasteiger partial charge in [0.2, 0.25) is 5.88 Å². The average Bonchev–Trinajstić information content (AvgIpc) is 3.08. The fraction of sp³-hybridized carbons (Fsp3) is 0.0952. The second-order valence-electron chi connectivity index (χ2n) is 6.20. The quantitative estimate of drug-likeness (QED) is 0.544. The second kappa shape index (κ2) is 6.25. The maximum Gasteiger partial charge on any atom is 0.265 e. The third kappa shape index (κ3) is 2.71. The highest BCUT2D eigenvalue weighted by Crippen LogP contribution is 2.29. The molecule has 1 amide bonds. The number of aromatic nitrogens is 2. The lowest BCUT2D eigenvalue weighted by atomic mass is 10.2. The number of rotatable bonds is 2. The van der Waals surface area contributed by atoms with E-state index in [1.807, 2.05) is 60.7 Å². The Morgan fingerprint density at radius 1 is 1.00 bits per heavy atom. The first-order valence-electron chi connectivity index (χ1n) is 8.65. The van der Waals surface area contributed by atoms with E-state index < -0.39 is 0 Å². The molecule has 132 valence electrons. The lowest BCUT2D eigenvalue weighted by molar-refractivity contribution is 0.0989. The lowest BCUT2D eigenvalue weighted by Gasteiger charge is -2.19.